The molecule has 0 bridgehead atoms. The first kappa shape index (κ1) is 14.5. The van der Waals surface area contributed by atoms with Crippen LogP contribution >= 0.6 is 45.8 Å². The van der Waals surface area contributed by atoms with Crippen molar-refractivity contribution in [2.24, 2.45) is 0 Å². The Hall–Kier alpha value is -0.530. The average Bonchev–Trinajstić information content (AvgIpc) is 2.22. The molecule has 0 aromatic heterocycles. The van der Waals surface area contributed by atoms with Crippen LogP contribution < -0.4 is 5.32 Å². The molecule has 1 amide bonds. The average molecular weight is 388 g/mol. The van der Waals surface area contributed by atoms with Crippen LogP contribution in [0, 0.1) is 3.57 Å². The smallest absolute Gasteiger partial charge is 0.325 e. The first-order valence-electron chi connectivity index (χ1n) is 4.51. The van der Waals surface area contributed by atoms with Gasteiger partial charge in [0.25, 0.3) is 5.91 Å². The summed E-state index contributed by atoms with van der Waals surface area (Å²) in [6.07, 6.45) is 0. The van der Waals surface area contributed by atoms with E-state index in [-0.39, 0.29) is 5.56 Å². The second-order valence-corrected chi connectivity index (χ2v) is 5.20. The lowest BCUT2D eigenvalue weighted by molar-refractivity contribution is -0.138. The Morgan fingerprint density at radius 1 is 1.41 bits per heavy atom. The van der Waals surface area contributed by atoms with E-state index in [2.05, 4.69) is 5.32 Å². The molecule has 7 heteroatoms. The van der Waals surface area contributed by atoms with Gasteiger partial charge in [-0.15, -0.1) is 0 Å². The monoisotopic (exact) mass is 387 g/mol. The summed E-state index contributed by atoms with van der Waals surface area (Å²) in [5.74, 6) is -1.63. The van der Waals surface area contributed by atoms with Gasteiger partial charge in [0.1, 0.15) is 6.04 Å². The van der Waals surface area contributed by atoms with E-state index in [1.807, 2.05) is 22.6 Å². The van der Waals surface area contributed by atoms with Crippen molar-refractivity contribution in [1.82, 2.24) is 5.32 Å². The lowest BCUT2D eigenvalue weighted by atomic mass is 10.2. The zero-order valence-corrected chi connectivity index (χ0v) is 12.3. The summed E-state index contributed by atoms with van der Waals surface area (Å²) in [6, 6.07) is 1.98. The van der Waals surface area contributed by atoms with Gasteiger partial charge in [-0.1, -0.05) is 23.2 Å². The maximum absolute atomic E-state index is 11.8. The molecule has 0 saturated heterocycles. The SMILES string of the molecule is C[C@@H](NC(=O)c1cc(Cl)cc(Cl)c1I)C(=O)O. The van der Waals surface area contributed by atoms with E-state index in [1.165, 1.54) is 19.1 Å². The molecular formula is C10H8Cl2INO3. The van der Waals surface area contributed by atoms with Crippen LogP contribution in [0.15, 0.2) is 12.1 Å². The number of hydrogen-bond donors (Lipinski definition) is 2. The molecule has 0 aliphatic rings. The summed E-state index contributed by atoms with van der Waals surface area (Å²) in [7, 11) is 0. The maximum Gasteiger partial charge on any atom is 0.325 e. The van der Waals surface area contributed by atoms with Gasteiger partial charge in [-0.25, -0.2) is 0 Å². The minimum absolute atomic E-state index is 0.260. The van der Waals surface area contributed by atoms with Crippen molar-refractivity contribution in [3.63, 3.8) is 0 Å². The number of rotatable bonds is 3. The highest BCUT2D eigenvalue weighted by molar-refractivity contribution is 14.1. The van der Waals surface area contributed by atoms with Crippen molar-refractivity contribution in [3.05, 3.63) is 31.3 Å². The van der Waals surface area contributed by atoms with E-state index in [9.17, 15) is 9.59 Å². The standard InChI is InChI=1S/C10H8Cl2INO3/c1-4(10(16)17)14-9(15)6-2-5(11)3-7(12)8(6)13/h2-4H,1H3,(H,14,15)(H,16,17)/t4-/m1/s1. The zero-order valence-electron chi connectivity index (χ0n) is 8.63. The van der Waals surface area contributed by atoms with E-state index in [1.54, 1.807) is 0 Å². The van der Waals surface area contributed by atoms with Gasteiger partial charge < -0.3 is 10.4 Å². The summed E-state index contributed by atoms with van der Waals surface area (Å²) in [5, 5.41) is 11.7. The van der Waals surface area contributed by atoms with Gasteiger partial charge in [0.05, 0.1) is 10.6 Å². The first-order valence-corrected chi connectivity index (χ1v) is 6.34. The zero-order chi connectivity index (χ0) is 13.2. The Balaban J connectivity index is 3.01. The highest BCUT2D eigenvalue weighted by Crippen LogP contribution is 2.26. The molecular weight excluding hydrogens is 380 g/mol. The highest BCUT2D eigenvalue weighted by Gasteiger charge is 2.18. The lowest BCUT2D eigenvalue weighted by Gasteiger charge is -2.11. The molecule has 0 heterocycles. The Morgan fingerprint density at radius 3 is 2.53 bits per heavy atom. The van der Waals surface area contributed by atoms with E-state index in [0.717, 1.165) is 0 Å². The van der Waals surface area contributed by atoms with Gasteiger partial charge >= 0.3 is 5.97 Å². The second kappa shape index (κ2) is 5.88. The van der Waals surface area contributed by atoms with Crippen LogP contribution in [-0.2, 0) is 4.79 Å². The molecule has 0 spiro atoms. The molecule has 17 heavy (non-hydrogen) atoms. The predicted molar refractivity (Wildman–Crippen MR) is 73.7 cm³/mol. The third-order valence-corrected chi connectivity index (χ3v) is 3.95. The largest absolute Gasteiger partial charge is 0.480 e. The fourth-order valence-electron chi connectivity index (χ4n) is 1.06. The van der Waals surface area contributed by atoms with Crippen molar-refractivity contribution >= 4 is 57.7 Å². The number of amides is 1. The van der Waals surface area contributed by atoms with Crippen LogP contribution in [0.25, 0.3) is 0 Å². The first-order chi connectivity index (χ1) is 7.82. The van der Waals surface area contributed by atoms with Gasteiger partial charge in [0.15, 0.2) is 0 Å². The van der Waals surface area contributed by atoms with Crippen LogP contribution in [0.4, 0.5) is 0 Å². The van der Waals surface area contributed by atoms with Crippen molar-refractivity contribution in [1.29, 1.82) is 0 Å². The quantitative estimate of drug-likeness (QED) is 0.619. The molecule has 1 aromatic carbocycles. The van der Waals surface area contributed by atoms with E-state index >= 15 is 0 Å². The summed E-state index contributed by atoms with van der Waals surface area (Å²) in [6.45, 7) is 1.37. The van der Waals surface area contributed by atoms with E-state index < -0.39 is 17.9 Å². The topological polar surface area (TPSA) is 66.4 Å². The molecule has 92 valence electrons. The second-order valence-electron chi connectivity index (χ2n) is 3.28. The Morgan fingerprint density at radius 2 is 2.00 bits per heavy atom. The predicted octanol–water partition coefficient (Wildman–Crippen LogP) is 2.80. The molecule has 4 nitrogen and oxygen atoms in total. The molecule has 0 aliphatic carbocycles. The summed E-state index contributed by atoms with van der Waals surface area (Å²) < 4.78 is 0.531. The minimum atomic E-state index is -1.11. The Bertz CT molecular complexity index is 479. The van der Waals surface area contributed by atoms with Crippen LogP contribution in [0.2, 0.25) is 10.0 Å². The van der Waals surface area contributed by atoms with Gasteiger partial charge in [0.2, 0.25) is 0 Å². The van der Waals surface area contributed by atoms with Gasteiger partial charge in [-0.3, -0.25) is 9.59 Å². The third-order valence-electron chi connectivity index (χ3n) is 1.96. The molecule has 1 aromatic rings. The number of hydrogen-bond acceptors (Lipinski definition) is 2. The van der Waals surface area contributed by atoms with Gasteiger partial charge in [0, 0.05) is 8.59 Å². The molecule has 0 aliphatic heterocycles. The van der Waals surface area contributed by atoms with Gasteiger partial charge in [-0.2, -0.15) is 0 Å². The number of nitrogens with one attached hydrogen (secondary N) is 1. The van der Waals surface area contributed by atoms with Crippen LogP contribution in [0.3, 0.4) is 0 Å². The summed E-state index contributed by atoms with van der Waals surface area (Å²) in [4.78, 5) is 22.4. The summed E-state index contributed by atoms with van der Waals surface area (Å²) >= 11 is 13.6. The van der Waals surface area contributed by atoms with Crippen LogP contribution in [-0.4, -0.2) is 23.0 Å². The molecule has 1 rings (SSSR count). The number of benzene rings is 1. The Kier molecular flexibility index (Phi) is 5.03. The van der Waals surface area contributed by atoms with Crippen molar-refractivity contribution in [2.45, 2.75) is 13.0 Å². The molecule has 0 radical (unpaired) electrons. The number of carboxylic acids is 1. The Labute approximate surface area is 121 Å². The summed E-state index contributed by atoms with van der Waals surface area (Å²) in [5.41, 5.74) is 0.260. The number of halogens is 3. The van der Waals surface area contributed by atoms with E-state index in [4.69, 9.17) is 28.3 Å². The van der Waals surface area contributed by atoms with Crippen LogP contribution in [0.1, 0.15) is 17.3 Å². The van der Waals surface area contributed by atoms with Crippen molar-refractivity contribution in [3.8, 4) is 0 Å². The molecule has 2 N–H and O–H groups in total. The van der Waals surface area contributed by atoms with Gasteiger partial charge in [-0.05, 0) is 41.6 Å². The number of carbonyl (C=O) groups is 2. The molecule has 0 fully saturated rings. The maximum atomic E-state index is 11.8. The van der Waals surface area contributed by atoms with Crippen molar-refractivity contribution < 1.29 is 14.7 Å². The number of aliphatic carboxylic acids is 1. The third kappa shape index (κ3) is 3.72. The number of carboxylic acid groups (broad SMARTS) is 1. The highest BCUT2D eigenvalue weighted by atomic mass is 127. The van der Waals surface area contributed by atoms with E-state index in [0.29, 0.717) is 13.6 Å². The number of carbonyl (C=O) groups excluding carboxylic acids is 1. The minimum Gasteiger partial charge on any atom is -0.480 e. The van der Waals surface area contributed by atoms with Crippen LogP contribution in [0.5, 0.6) is 0 Å². The fraction of sp³-hybridized carbons (Fsp3) is 0.200. The molecule has 0 unspecified atom stereocenters. The molecule has 1 atom stereocenters. The fourth-order valence-corrected chi connectivity index (χ4v) is 2.11. The lowest BCUT2D eigenvalue weighted by Crippen LogP contribution is -2.38. The van der Waals surface area contributed by atoms with Crippen molar-refractivity contribution in [2.75, 3.05) is 0 Å². The normalized spacial score (nSPS) is 12.0. The molecule has 0 saturated carbocycles.